The first kappa shape index (κ1) is 21.9. The summed E-state index contributed by atoms with van der Waals surface area (Å²) in [4.78, 5) is 28.1. The number of carbonyl (C=O) groups excluding carboxylic acids is 2. The summed E-state index contributed by atoms with van der Waals surface area (Å²) in [5, 5.41) is 2.72. The van der Waals surface area contributed by atoms with E-state index < -0.39 is 21.9 Å². The Balaban J connectivity index is 1.38. The van der Waals surface area contributed by atoms with Crippen LogP contribution in [0.3, 0.4) is 0 Å². The third-order valence-corrected chi connectivity index (χ3v) is 6.87. The zero-order valence-electron chi connectivity index (χ0n) is 16.6. The molecule has 1 fully saturated rings. The highest BCUT2D eigenvalue weighted by Crippen LogP contribution is 2.24. The molecule has 2 aromatic rings. The lowest BCUT2D eigenvalue weighted by Gasteiger charge is -2.29. The number of benzene rings is 1. The molecule has 30 heavy (non-hydrogen) atoms. The molecular formula is C21H25N3O5S. The number of carbonyl (C=O) groups is 2. The summed E-state index contributed by atoms with van der Waals surface area (Å²) in [5.41, 5.74) is 1.11. The van der Waals surface area contributed by atoms with Crippen molar-refractivity contribution in [2.45, 2.75) is 24.2 Å². The number of sulfonamides is 1. The van der Waals surface area contributed by atoms with Crippen LogP contribution in [0.1, 0.15) is 18.4 Å². The number of piperidine rings is 1. The smallest absolute Gasteiger partial charge is 0.309 e. The van der Waals surface area contributed by atoms with Crippen molar-refractivity contribution in [3.63, 3.8) is 0 Å². The Labute approximate surface area is 176 Å². The van der Waals surface area contributed by atoms with Crippen LogP contribution in [0.25, 0.3) is 0 Å². The van der Waals surface area contributed by atoms with Gasteiger partial charge in [0.2, 0.25) is 10.0 Å². The molecule has 1 aliphatic rings. The van der Waals surface area contributed by atoms with Gasteiger partial charge in [-0.1, -0.05) is 30.3 Å². The second kappa shape index (κ2) is 10.3. The average molecular weight is 432 g/mol. The van der Waals surface area contributed by atoms with Gasteiger partial charge in [0, 0.05) is 32.0 Å². The predicted molar refractivity (Wildman–Crippen MR) is 110 cm³/mol. The van der Waals surface area contributed by atoms with E-state index in [2.05, 4.69) is 10.3 Å². The van der Waals surface area contributed by atoms with Crippen molar-refractivity contribution < 1.29 is 22.7 Å². The van der Waals surface area contributed by atoms with E-state index in [4.69, 9.17) is 4.74 Å². The molecule has 0 spiro atoms. The topological polar surface area (TPSA) is 106 Å². The molecule has 1 aromatic carbocycles. The monoisotopic (exact) mass is 431 g/mol. The molecule has 0 unspecified atom stereocenters. The summed E-state index contributed by atoms with van der Waals surface area (Å²) in [6.45, 7) is 0.577. The Morgan fingerprint density at radius 1 is 1.10 bits per heavy atom. The zero-order valence-corrected chi connectivity index (χ0v) is 17.4. The van der Waals surface area contributed by atoms with Crippen molar-refractivity contribution in [3.05, 3.63) is 60.4 Å². The second-order valence-corrected chi connectivity index (χ2v) is 9.00. The van der Waals surface area contributed by atoms with Gasteiger partial charge in [-0.05, 0) is 37.0 Å². The van der Waals surface area contributed by atoms with Crippen LogP contribution in [0.15, 0.2) is 59.8 Å². The number of pyridine rings is 1. The Hall–Kier alpha value is -2.78. The predicted octanol–water partition coefficient (Wildman–Crippen LogP) is 1.38. The summed E-state index contributed by atoms with van der Waals surface area (Å²) in [6, 6.07) is 12.8. The van der Waals surface area contributed by atoms with E-state index in [9.17, 15) is 18.0 Å². The summed E-state index contributed by atoms with van der Waals surface area (Å²) in [6.07, 6.45) is 4.23. The molecule has 1 saturated heterocycles. The lowest BCUT2D eigenvalue weighted by molar-refractivity contribution is -0.153. The van der Waals surface area contributed by atoms with Gasteiger partial charge in [-0.3, -0.25) is 14.6 Å². The van der Waals surface area contributed by atoms with Crippen molar-refractivity contribution in [2.24, 2.45) is 5.92 Å². The quantitative estimate of drug-likeness (QED) is 0.633. The average Bonchev–Trinajstić information content (AvgIpc) is 2.79. The number of hydrogen-bond acceptors (Lipinski definition) is 6. The number of nitrogens with one attached hydrogen (secondary N) is 1. The van der Waals surface area contributed by atoms with Crippen LogP contribution in [0.4, 0.5) is 0 Å². The fourth-order valence-electron chi connectivity index (χ4n) is 3.28. The maximum absolute atomic E-state index is 12.6. The van der Waals surface area contributed by atoms with Crippen LogP contribution in [-0.2, 0) is 30.8 Å². The molecule has 0 aliphatic carbocycles. The normalized spacial score (nSPS) is 15.5. The molecule has 0 atom stereocenters. The molecule has 0 saturated carbocycles. The fourth-order valence-corrected chi connectivity index (χ4v) is 4.71. The molecule has 1 aliphatic heterocycles. The van der Waals surface area contributed by atoms with Gasteiger partial charge in [-0.2, -0.15) is 4.31 Å². The first-order valence-electron chi connectivity index (χ1n) is 9.84. The maximum Gasteiger partial charge on any atom is 0.309 e. The zero-order chi connectivity index (χ0) is 21.4. The largest absolute Gasteiger partial charge is 0.455 e. The number of esters is 1. The van der Waals surface area contributed by atoms with Crippen molar-refractivity contribution in [3.8, 4) is 0 Å². The number of ether oxygens (including phenoxy) is 1. The highest BCUT2D eigenvalue weighted by molar-refractivity contribution is 7.89. The van der Waals surface area contributed by atoms with E-state index in [1.54, 1.807) is 6.07 Å². The number of hydrogen-bond donors (Lipinski definition) is 1. The second-order valence-electron chi connectivity index (χ2n) is 7.06. The molecule has 8 nitrogen and oxygen atoms in total. The Kier molecular flexibility index (Phi) is 7.53. The highest BCUT2D eigenvalue weighted by atomic mass is 32.2. The van der Waals surface area contributed by atoms with Gasteiger partial charge in [0.05, 0.1) is 5.92 Å². The van der Waals surface area contributed by atoms with Gasteiger partial charge in [-0.15, -0.1) is 0 Å². The Morgan fingerprint density at radius 3 is 2.50 bits per heavy atom. The van der Waals surface area contributed by atoms with Gasteiger partial charge >= 0.3 is 5.97 Å². The lowest BCUT2D eigenvalue weighted by atomic mass is 9.98. The van der Waals surface area contributed by atoms with Crippen LogP contribution in [0, 0.1) is 5.92 Å². The molecule has 1 aromatic heterocycles. The Morgan fingerprint density at radius 2 is 1.83 bits per heavy atom. The highest BCUT2D eigenvalue weighted by Gasteiger charge is 2.33. The van der Waals surface area contributed by atoms with Crippen molar-refractivity contribution in [1.29, 1.82) is 0 Å². The minimum Gasteiger partial charge on any atom is -0.455 e. The number of aromatic nitrogens is 1. The van der Waals surface area contributed by atoms with Crippen LogP contribution in [0.5, 0.6) is 0 Å². The van der Waals surface area contributed by atoms with Crippen molar-refractivity contribution in [2.75, 3.05) is 26.2 Å². The maximum atomic E-state index is 12.6. The minimum absolute atomic E-state index is 0.137. The first-order chi connectivity index (χ1) is 14.5. The van der Waals surface area contributed by atoms with E-state index in [-0.39, 0.29) is 30.5 Å². The van der Waals surface area contributed by atoms with Crippen LogP contribution in [0.2, 0.25) is 0 Å². The first-order valence-corrected chi connectivity index (χ1v) is 11.3. The number of amides is 1. The fraction of sp³-hybridized carbons (Fsp3) is 0.381. The molecule has 9 heteroatoms. The van der Waals surface area contributed by atoms with Gasteiger partial charge in [0.1, 0.15) is 4.90 Å². The summed E-state index contributed by atoms with van der Waals surface area (Å²) in [7, 11) is -3.62. The van der Waals surface area contributed by atoms with Gasteiger partial charge in [-0.25, -0.2) is 8.42 Å². The lowest BCUT2D eigenvalue weighted by Crippen LogP contribution is -2.41. The van der Waals surface area contributed by atoms with Crippen LogP contribution in [-0.4, -0.2) is 55.8 Å². The van der Waals surface area contributed by atoms with E-state index in [0.717, 1.165) is 5.56 Å². The van der Waals surface area contributed by atoms with E-state index in [0.29, 0.717) is 25.8 Å². The van der Waals surface area contributed by atoms with Gasteiger partial charge < -0.3 is 10.1 Å². The van der Waals surface area contributed by atoms with Gasteiger partial charge in [0.25, 0.3) is 5.91 Å². The van der Waals surface area contributed by atoms with E-state index in [1.165, 1.54) is 22.8 Å². The minimum atomic E-state index is -3.62. The summed E-state index contributed by atoms with van der Waals surface area (Å²) < 4.78 is 31.7. The molecule has 3 rings (SSSR count). The number of rotatable bonds is 8. The van der Waals surface area contributed by atoms with Crippen LogP contribution < -0.4 is 5.32 Å². The third kappa shape index (κ3) is 5.87. The van der Waals surface area contributed by atoms with E-state index in [1.807, 2.05) is 30.3 Å². The molecule has 0 bridgehead atoms. The third-order valence-electron chi connectivity index (χ3n) is 4.98. The van der Waals surface area contributed by atoms with Crippen molar-refractivity contribution in [1.82, 2.24) is 14.6 Å². The van der Waals surface area contributed by atoms with Crippen LogP contribution >= 0.6 is 0 Å². The number of nitrogens with zero attached hydrogens (tertiary/aromatic N) is 2. The molecule has 0 radical (unpaired) electrons. The molecule has 160 valence electrons. The van der Waals surface area contributed by atoms with E-state index >= 15 is 0 Å². The van der Waals surface area contributed by atoms with Crippen molar-refractivity contribution >= 4 is 21.9 Å². The SMILES string of the molecule is O=C(COC(=O)C1CCN(S(=O)(=O)c2cccnc2)CC1)NCCc1ccccc1. The molecule has 1 amide bonds. The standard InChI is InChI=1S/C21H25N3O5S/c25-20(23-12-8-17-5-2-1-3-6-17)16-29-21(26)18-9-13-24(14-10-18)30(27,28)19-7-4-11-22-15-19/h1-7,11,15,18H,8-10,12-14,16H2,(H,23,25). The van der Waals surface area contributed by atoms with Gasteiger partial charge in [0.15, 0.2) is 6.61 Å². The summed E-state index contributed by atoms with van der Waals surface area (Å²) in [5.74, 6) is -1.23. The molecule has 2 heterocycles. The molecular weight excluding hydrogens is 406 g/mol. The molecule has 1 N–H and O–H groups in total. The Bertz CT molecular complexity index is 943. The summed E-state index contributed by atoms with van der Waals surface area (Å²) >= 11 is 0.